The third-order valence-electron chi connectivity index (χ3n) is 2.75. The quantitative estimate of drug-likeness (QED) is 0.762. The minimum atomic E-state index is -0.482. The van der Waals surface area contributed by atoms with Crippen LogP contribution in [0.3, 0.4) is 0 Å². The van der Waals surface area contributed by atoms with E-state index in [0.717, 1.165) is 27.3 Å². The molecule has 0 aliphatic carbocycles. The van der Waals surface area contributed by atoms with Gasteiger partial charge in [-0.25, -0.2) is 0 Å². The lowest BCUT2D eigenvalue weighted by atomic mass is 10.1. The maximum Gasteiger partial charge on any atom is 0.0931 e. The molecule has 0 aliphatic rings. The molecule has 0 radical (unpaired) electrons. The molecule has 1 unspecified atom stereocenters. The molecule has 1 aromatic heterocycles. The predicted molar refractivity (Wildman–Crippen MR) is 85.0 cm³/mol. The molecular weight excluding hydrogens is 346 g/mol. The molecule has 0 spiro atoms. The Morgan fingerprint density at radius 3 is 2.84 bits per heavy atom. The number of rotatable bonds is 6. The summed E-state index contributed by atoms with van der Waals surface area (Å²) >= 11 is 10.9. The van der Waals surface area contributed by atoms with Gasteiger partial charge in [0.15, 0.2) is 0 Å². The van der Waals surface area contributed by atoms with Crippen LogP contribution in [0.4, 0.5) is 0 Å². The van der Waals surface area contributed by atoms with Crippen LogP contribution in [-0.2, 0) is 6.42 Å². The number of hydrogen-bond acceptors (Lipinski definition) is 3. The molecule has 2 nitrogen and oxygen atoms in total. The van der Waals surface area contributed by atoms with Crippen LogP contribution in [0.5, 0.6) is 0 Å². The smallest absolute Gasteiger partial charge is 0.0931 e. The van der Waals surface area contributed by atoms with Crippen LogP contribution in [0.1, 0.15) is 16.5 Å². The van der Waals surface area contributed by atoms with Crippen molar-refractivity contribution in [3.05, 3.63) is 55.6 Å². The van der Waals surface area contributed by atoms with E-state index in [1.165, 1.54) is 4.88 Å². The van der Waals surface area contributed by atoms with Crippen molar-refractivity contribution in [1.29, 1.82) is 0 Å². The third-order valence-corrected chi connectivity index (χ3v) is 4.53. The van der Waals surface area contributed by atoms with Crippen molar-refractivity contribution in [2.45, 2.75) is 12.5 Å². The van der Waals surface area contributed by atoms with E-state index in [9.17, 15) is 5.11 Å². The maximum atomic E-state index is 10.0. The van der Waals surface area contributed by atoms with Crippen molar-refractivity contribution in [3.8, 4) is 0 Å². The van der Waals surface area contributed by atoms with Gasteiger partial charge in [-0.1, -0.05) is 39.7 Å². The minimum absolute atomic E-state index is 0.482. The first kappa shape index (κ1) is 15.0. The molecule has 0 amide bonds. The Bertz CT molecular complexity index is 532. The first-order valence-corrected chi connectivity index (χ1v) is 8.02. The van der Waals surface area contributed by atoms with E-state index in [-0.39, 0.29) is 0 Å². The van der Waals surface area contributed by atoms with Gasteiger partial charge in [-0.3, -0.25) is 0 Å². The lowest BCUT2D eigenvalue weighted by molar-refractivity contribution is 0.175. The lowest BCUT2D eigenvalue weighted by Crippen LogP contribution is -2.23. The van der Waals surface area contributed by atoms with E-state index in [1.807, 2.05) is 36.4 Å². The zero-order valence-electron chi connectivity index (χ0n) is 10.3. The third kappa shape index (κ3) is 4.89. The Morgan fingerprint density at radius 2 is 2.16 bits per heavy atom. The van der Waals surface area contributed by atoms with Crippen molar-refractivity contribution < 1.29 is 5.11 Å². The highest BCUT2D eigenvalue weighted by molar-refractivity contribution is 9.10. The average molecular weight is 361 g/mol. The van der Waals surface area contributed by atoms with Crippen molar-refractivity contribution in [3.63, 3.8) is 0 Å². The monoisotopic (exact) mass is 359 g/mol. The van der Waals surface area contributed by atoms with Crippen molar-refractivity contribution in [2.24, 2.45) is 0 Å². The number of halogens is 2. The topological polar surface area (TPSA) is 32.3 Å². The summed E-state index contributed by atoms with van der Waals surface area (Å²) in [5.74, 6) is 0. The number of thiophene rings is 1. The summed E-state index contributed by atoms with van der Waals surface area (Å²) < 4.78 is 1.81. The molecule has 2 aromatic rings. The Morgan fingerprint density at radius 1 is 1.32 bits per heavy atom. The van der Waals surface area contributed by atoms with Crippen molar-refractivity contribution >= 4 is 38.9 Å². The standard InChI is InChI=1S/C14H15BrClNOS/c15-11-3-1-2-10(8-11)13(18)9-17-7-6-12-4-5-14(16)19-12/h1-5,8,13,17-18H,6-7,9H2. The van der Waals surface area contributed by atoms with Gasteiger partial charge in [0.1, 0.15) is 0 Å². The van der Waals surface area contributed by atoms with Gasteiger partial charge in [0.25, 0.3) is 0 Å². The molecule has 19 heavy (non-hydrogen) atoms. The first-order valence-electron chi connectivity index (χ1n) is 6.03. The number of aliphatic hydroxyl groups excluding tert-OH is 1. The van der Waals surface area contributed by atoms with Gasteiger partial charge in [-0.05, 0) is 36.2 Å². The van der Waals surface area contributed by atoms with Gasteiger partial charge in [-0.2, -0.15) is 0 Å². The maximum absolute atomic E-state index is 10.0. The predicted octanol–water partition coefficient (Wildman–Crippen LogP) is 4.03. The Labute approximate surface area is 130 Å². The molecule has 5 heteroatoms. The summed E-state index contributed by atoms with van der Waals surface area (Å²) in [6.07, 6.45) is 0.451. The van der Waals surface area contributed by atoms with E-state index in [1.54, 1.807) is 11.3 Å². The van der Waals surface area contributed by atoms with Gasteiger partial charge in [-0.15, -0.1) is 11.3 Å². The lowest BCUT2D eigenvalue weighted by Gasteiger charge is -2.12. The molecule has 1 heterocycles. The van der Waals surface area contributed by atoms with E-state index in [2.05, 4.69) is 21.2 Å². The summed E-state index contributed by atoms with van der Waals surface area (Å²) in [6.45, 7) is 1.39. The van der Waals surface area contributed by atoms with Crippen LogP contribution in [0.2, 0.25) is 4.34 Å². The van der Waals surface area contributed by atoms with Crippen molar-refractivity contribution in [2.75, 3.05) is 13.1 Å². The summed E-state index contributed by atoms with van der Waals surface area (Å²) in [6, 6.07) is 11.7. The fourth-order valence-corrected chi connectivity index (χ4v) is 3.27. The second-order valence-electron chi connectivity index (χ2n) is 4.23. The van der Waals surface area contributed by atoms with Gasteiger partial charge in [0.2, 0.25) is 0 Å². The molecule has 0 saturated carbocycles. The van der Waals surface area contributed by atoms with E-state index >= 15 is 0 Å². The normalized spacial score (nSPS) is 12.6. The largest absolute Gasteiger partial charge is 0.387 e. The van der Waals surface area contributed by atoms with Gasteiger partial charge < -0.3 is 10.4 Å². The van der Waals surface area contributed by atoms with E-state index in [0.29, 0.717) is 6.54 Å². The average Bonchev–Trinajstić information content (AvgIpc) is 2.80. The molecule has 102 valence electrons. The zero-order valence-corrected chi connectivity index (χ0v) is 13.4. The van der Waals surface area contributed by atoms with Crippen LogP contribution in [0, 0.1) is 0 Å². The Kier molecular flexibility index (Phi) is 5.85. The highest BCUT2D eigenvalue weighted by atomic mass is 79.9. The van der Waals surface area contributed by atoms with Gasteiger partial charge in [0.05, 0.1) is 10.4 Å². The number of nitrogens with one attached hydrogen (secondary N) is 1. The minimum Gasteiger partial charge on any atom is -0.387 e. The Hall–Kier alpha value is -0.390. The number of hydrogen-bond donors (Lipinski definition) is 2. The zero-order chi connectivity index (χ0) is 13.7. The molecule has 0 bridgehead atoms. The highest BCUT2D eigenvalue weighted by Gasteiger charge is 2.07. The van der Waals surface area contributed by atoms with Gasteiger partial charge >= 0.3 is 0 Å². The molecule has 1 atom stereocenters. The summed E-state index contributed by atoms with van der Waals surface area (Å²) in [4.78, 5) is 1.26. The van der Waals surface area contributed by atoms with E-state index < -0.39 is 6.10 Å². The summed E-state index contributed by atoms with van der Waals surface area (Å²) in [7, 11) is 0. The number of aliphatic hydroxyl groups is 1. The SMILES string of the molecule is OC(CNCCc1ccc(Cl)s1)c1cccc(Br)c1. The van der Waals surface area contributed by atoms with Crippen molar-refractivity contribution in [1.82, 2.24) is 5.32 Å². The van der Waals surface area contributed by atoms with E-state index in [4.69, 9.17) is 11.6 Å². The van der Waals surface area contributed by atoms with Crippen LogP contribution < -0.4 is 5.32 Å². The second kappa shape index (κ2) is 7.41. The molecule has 0 aliphatic heterocycles. The molecule has 1 aromatic carbocycles. The fourth-order valence-electron chi connectivity index (χ4n) is 1.77. The number of benzene rings is 1. The second-order valence-corrected chi connectivity index (χ2v) is 6.95. The van der Waals surface area contributed by atoms with Crippen LogP contribution in [0.15, 0.2) is 40.9 Å². The summed E-state index contributed by atoms with van der Waals surface area (Å²) in [5.41, 5.74) is 0.918. The summed E-state index contributed by atoms with van der Waals surface area (Å²) in [5, 5.41) is 13.3. The first-order chi connectivity index (χ1) is 9.15. The molecular formula is C14H15BrClNOS. The Balaban J connectivity index is 1.73. The fraction of sp³-hybridized carbons (Fsp3) is 0.286. The van der Waals surface area contributed by atoms with Crippen LogP contribution >= 0.6 is 38.9 Å². The molecule has 2 N–H and O–H groups in total. The highest BCUT2D eigenvalue weighted by Crippen LogP contribution is 2.21. The molecule has 0 saturated heterocycles. The van der Waals surface area contributed by atoms with Crippen LogP contribution in [-0.4, -0.2) is 18.2 Å². The van der Waals surface area contributed by atoms with Gasteiger partial charge in [0, 0.05) is 22.4 Å². The van der Waals surface area contributed by atoms with Crippen LogP contribution in [0.25, 0.3) is 0 Å². The molecule has 2 rings (SSSR count). The molecule has 0 fully saturated rings.